The van der Waals surface area contributed by atoms with Gasteiger partial charge in [-0.15, -0.1) is 0 Å². The number of aromatic nitrogens is 2. The summed E-state index contributed by atoms with van der Waals surface area (Å²) in [5.74, 6) is -0.905. The summed E-state index contributed by atoms with van der Waals surface area (Å²) in [6.45, 7) is 0. The van der Waals surface area contributed by atoms with Crippen LogP contribution in [0.3, 0.4) is 0 Å². The summed E-state index contributed by atoms with van der Waals surface area (Å²) >= 11 is 0. The Hall–Kier alpha value is -1.73. The third-order valence-corrected chi connectivity index (χ3v) is 2.49. The number of nitrogen functional groups attached to an aromatic ring is 1. The normalized spacial score (nSPS) is 16.0. The number of carbonyl (C=O) groups excluding carboxylic acids is 1. The number of methoxy groups -OCH3 is 1. The first kappa shape index (κ1) is 11.7. The second-order valence-electron chi connectivity index (χ2n) is 3.78. The lowest BCUT2D eigenvalue weighted by molar-refractivity contribution is -0.140. The van der Waals surface area contributed by atoms with Crippen LogP contribution in [0, 0.1) is 0 Å². The first-order valence-electron chi connectivity index (χ1n) is 4.89. The van der Waals surface area contributed by atoms with E-state index in [1.165, 1.54) is 0 Å². The molecule has 0 amide bonds. The number of nitrogens with two attached hydrogens (primary N) is 1. The van der Waals surface area contributed by atoms with E-state index in [-0.39, 0.29) is 11.7 Å². The van der Waals surface area contributed by atoms with Crippen molar-refractivity contribution in [2.45, 2.75) is 25.1 Å². The number of alkyl halides is 3. The van der Waals surface area contributed by atoms with Gasteiger partial charge in [0, 0.05) is 0 Å². The van der Waals surface area contributed by atoms with Gasteiger partial charge in [0.25, 0.3) is 0 Å². The van der Waals surface area contributed by atoms with Crippen molar-refractivity contribution in [1.29, 1.82) is 0 Å². The number of nitrogens with zero attached hydrogens (tertiary/aromatic N) is 2. The highest BCUT2D eigenvalue weighted by Gasteiger charge is 2.42. The van der Waals surface area contributed by atoms with Gasteiger partial charge in [0.1, 0.15) is 0 Å². The fourth-order valence-electron chi connectivity index (χ4n) is 1.54. The molecule has 2 N–H and O–H groups in total. The molecule has 1 aliphatic carbocycles. The van der Waals surface area contributed by atoms with Gasteiger partial charge in [-0.25, -0.2) is 4.79 Å². The average Bonchev–Trinajstić information content (AvgIpc) is 3.00. The maximum absolute atomic E-state index is 12.6. The second-order valence-corrected chi connectivity index (χ2v) is 3.78. The van der Waals surface area contributed by atoms with Gasteiger partial charge in [-0.3, -0.25) is 4.68 Å². The first-order valence-corrected chi connectivity index (χ1v) is 4.89. The maximum atomic E-state index is 12.6. The summed E-state index contributed by atoms with van der Waals surface area (Å²) in [5, 5.41) is 3.38. The molecule has 17 heavy (non-hydrogen) atoms. The van der Waals surface area contributed by atoms with E-state index in [9.17, 15) is 18.0 Å². The quantitative estimate of drug-likeness (QED) is 0.808. The van der Waals surface area contributed by atoms with Crippen LogP contribution in [0.2, 0.25) is 0 Å². The predicted octanol–water partition coefficient (Wildman–Crippen LogP) is 1.61. The van der Waals surface area contributed by atoms with Crippen molar-refractivity contribution < 1.29 is 22.7 Å². The van der Waals surface area contributed by atoms with Crippen molar-refractivity contribution in [3.05, 3.63) is 11.4 Å². The Morgan fingerprint density at radius 1 is 1.53 bits per heavy atom. The van der Waals surface area contributed by atoms with Gasteiger partial charge >= 0.3 is 12.1 Å². The molecule has 2 rings (SSSR count). The summed E-state index contributed by atoms with van der Waals surface area (Å²) < 4.78 is 43.2. The Balaban J connectivity index is 2.55. The molecule has 0 saturated heterocycles. The lowest BCUT2D eigenvalue weighted by atomic mass is 10.3. The third-order valence-electron chi connectivity index (χ3n) is 2.49. The average molecular weight is 249 g/mol. The highest BCUT2D eigenvalue weighted by Crippen LogP contribution is 2.41. The molecule has 1 aliphatic rings. The number of carbonyl (C=O) groups is 1. The minimum Gasteiger partial charge on any atom is -0.464 e. The number of ether oxygens (including phenoxy) is 1. The number of anilines is 1. The number of rotatable bonds is 2. The van der Waals surface area contributed by atoms with Crippen LogP contribution in [0.1, 0.15) is 35.1 Å². The summed E-state index contributed by atoms with van der Waals surface area (Å²) in [5.41, 5.74) is 3.11. The molecule has 0 bridgehead atoms. The zero-order chi connectivity index (χ0) is 12.8. The molecule has 1 saturated carbocycles. The largest absolute Gasteiger partial charge is 0.464 e. The van der Waals surface area contributed by atoms with Crippen LogP contribution in [0.4, 0.5) is 18.9 Å². The lowest BCUT2D eigenvalue weighted by Gasteiger charge is -2.03. The van der Waals surface area contributed by atoms with Gasteiger partial charge in [0.05, 0.1) is 18.8 Å². The highest BCUT2D eigenvalue weighted by atomic mass is 19.4. The zero-order valence-corrected chi connectivity index (χ0v) is 8.91. The van der Waals surface area contributed by atoms with Crippen molar-refractivity contribution >= 4 is 11.7 Å². The van der Waals surface area contributed by atoms with Gasteiger partial charge < -0.3 is 10.5 Å². The molecular formula is C9H10F3N3O2. The molecule has 1 aromatic rings. The molecule has 1 aromatic heterocycles. The van der Waals surface area contributed by atoms with E-state index in [0.717, 1.165) is 11.8 Å². The maximum Gasteiger partial charge on any atom is 0.437 e. The molecule has 0 aliphatic heterocycles. The first-order chi connectivity index (χ1) is 7.86. The number of hydrogen-bond acceptors (Lipinski definition) is 4. The molecule has 0 unspecified atom stereocenters. The summed E-state index contributed by atoms with van der Waals surface area (Å²) in [4.78, 5) is 11.4. The minimum atomic E-state index is -4.67. The zero-order valence-electron chi connectivity index (χ0n) is 8.91. The fourth-order valence-corrected chi connectivity index (χ4v) is 1.54. The van der Waals surface area contributed by atoms with E-state index in [0.29, 0.717) is 12.8 Å². The smallest absolute Gasteiger partial charge is 0.437 e. The van der Waals surface area contributed by atoms with Crippen LogP contribution in [0.15, 0.2) is 0 Å². The molecule has 8 heteroatoms. The Morgan fingerprint density at radius 3 is 2.53 bits per heavy atom. The lowest BCUT2D eigenvalue weighted by Crippen LogP contribution is -2.12. The van der Waals surface area contributed by atoms with E-state index in [1.54, 1.807) is 0 Å². The SMILES string of the molecule is COC(=O)c1c(N)c(C(F)(F)F)nn1C1CC1. The molecule has 5 nitrogen and oxygen atoms in total. The third kappa shape index (κ3) is 1.94. The predicted molar refractivity (Wildman–Crippen MR) is 51.3 cm³/mol. The van der Waals surface area contributed by atoms with Crippen molar-refractivity contribution in [1.82, 2.24) is 9.78 Å². The minimum absolute atomic E-state index is 0.192. The van der Waals surface area contributed by atoms with Crippen LogP contribution in [0.25, 0.3) is 0 Å². The highest BCUT2D eigenvalue weighted by molar-refractivity contribution is 5.94. The number of hydrogen-bond donors (Lipinski definition) is 1. The second kappa shape index (κ2) is 3.64. The van der Waals surface area contributed by atoms with Crippen molar-refractivity contribution in [3.63, 3.8) is 0 Å². The number of halogens is 3. The Labute approximate surface area is 94.3 Å². The van der Waals surface area contributed by atoms with Gasteiger partial charge in [-0.05, 0) is 12.8 Å². The van der Waals surface area contributed by atoms with Crippen molar-refractivity contribution in [3.8, 4) is 0 Å². The standard InChI is InChI=1S/C9H10F3N3O2/c1-17-8(16)6-5(13)7(9(10,11)12)14-15(6)4-2-3-4/h4H,2-3,13H2,1H3. The van der Waals surface area contributed by atoms with E-state index in [4.69, 9.17) is 5.73 Å². The summed E-state index contributed by atoms with van der Waals surface area (Å²) in [6.07, 6.45) is -3.31. The van der Waals surface area contributed by atoms with Crippen LogP contribution in [0.5, 0.6) is 0 Å². The Kier molecular flexibility index (Phi) is 2.52. The van der Waals surface area contributed by atoms with Crippen molar-refractivity contribution in [2.75, 3.05) is 12.8 Å². The molecule has 0 radical (unpaired) electrons. The molecule has 0 aromatic carbocycles. The van der Waals surface area contributed by atoms with E-state index in [2.05, 4.69) is 9.84 Å². The van der Waals surface area contributed by atoms with Crippen LogP contribution in [-0.4, -0.2) is 22.9 Å². The molecule has 94 valence electrons. The van der Waals surface area contributed by atoms with Gasteiger partial charge in [0.15, 0.2) is 11.4 Å². The van der Waals surface area contributed by atoms with Crippen LogP contribution >= 0.6 is 0 Å². The van der Waals surface area contributed by atoms with E-state index < -0.39 is 23.5 Å². The van der Waals surface area contributed by atoms with Crippen molar-refractivity contribution in [2.24, 2.45) is 0 Å². The molecule has 0 spiro atoms. The Morgan fingerprint density at radius 2 is 2.12 bits per heavy atom. The van der Waals surface area contributed by atoms with Gasteiger partial charge in [-0.1, -0.05) is 0 Å². The van der Waals surface area contributed by atoms with Gasteiger partial charge in [-0.2, -0.15) is 18.3 Å². The van der Waals surface area contributed by atoms with E-state index in [1.807, 2.05) is 0 Å². The molecule has 0 atom stereocenters. The summed E-state index contributed by atoms with van der Waals surface area (Å²) in [6, 6.07) is -0.192. The molecule has 1 heterocycles. The molecule has 1 fully saturated rings. The number of esters is 1. The Bertz CT molecular complexity index is 463. The van der Waals surface area contributed by atoms with E-state index >= 15 is 0 Å². The fraction of sp³-hybridized carbons (Fsp3) is 0.556. The molecular weight excluding hydrogens is 239 g/mol. The van der Waals surface area contributed by atoms with Crippen LogP contribution in [-0.2, 0) is 10.9 Å². The van der Waals surface area contributed by atoms with Gasteiger partial charge in [0.2, 0.25) is 0 Å². The monoisotopic (exact) mass is 249 g/mol. The topological polar surface area (TPSA) is 70.1 Å². The van der Waals surface area contributed by atoms with Crippen LogP contribution < -0.4 is 5.73 Å². The summed E-state index contributed by atoms with van der Waals surface area (Å²) in [7, 11) is 1.08.